The van der Waals surface area contributed by atoms with Crippen LogP contribution in [-0.4, -0.2) is 34.6 Å². The van der Waals surface area contributed by atoms with Crippen LogP contribution in [0.4, 0.5) is 13.2 Å². The fourth-order valence-corrected chi connectivity index (χ4v) is 5.09. The number of hydrogen-bond donors (Lipinski definition) is 1. The van der Waals surface area contributed by atoms with Crippen molar-refractivity contribution in [3.63, 3.8) is 0 Å². The summed E-state index contributed by atoms with van der Waals surface area (Å²) in [6, 6.07) is 13.3. The molecule has 1 saturated carbocycles. The highest BCUT2D eigenvalue weighted by Gasteiger charge is 2.33. The van der Waals surface area contributed by atoms with Crippen molar-refractivity contribution in [3.05, 3.63) is 77.7 Å². The number of halogens is 3. The SMILES string of the molecule is O=COC1CCC(CNC(=O)c2cc(C(F)(F)F)cc3ccn(Cc4cc5ccccc5cn4)c23)CC1. The van der Waals surface area contributed by atoms with Gasteiger partial charge in [-0.1, -0.05) is 24.3 Å². The lowest BCUT2D eigenvalue weighted by Gasteiger charge is -2.27. The first-order valence-corrected chi connectivity index (χ1v) is 12.2. The third-order valence-electron chi connectivity index (χ3n) is 7.05. The summed E-state index contributed by atoms with van der Waals surface area (Å²) in [7, 11) is 0. The Bertz CT molecular complexity index is 1440. The summed E-state index contributed by atoms with van der Waals surface area (Å²) >= 11 is 0. The van der Waals surface area contributed by atoms with Gasteiger partial charge in [0.2, 0.25) is 0 Å². The van der Waals surface area contributed by atoms with E-state index in [9.17, 15) is 22.8 Å². The highest BCUT2D eigenvalue weighted by Crippen LogP contribution is 2.34. The van der Waals surface area contributed by atoms with Crippen LogP contribution in [0.1, 0.15) is 47.3 Å². The first-order chi connectivity index (χ1) is 17.8. The normalized spacial score (nSPS) is 18.1. The Labute approximate surface area is 211 Å². The van der Waals surface area contributed by atoms with E-state index < -0.39 is 17.6 Å². The standard InChI is InChI=1S/C28H26F3N3O3/c29-28(30,31)22-11-20-9-10-34(16-23-12-19-3-1-2-4-21(19)15-32-23)26(20)25(13-22)27(36)33-14-18-5-7-24(8-6-18)37-17-35/h1-4,9-13,15,17-18,24H,5-8,14,16H2,(H,33,36). The fourth-order valence-electron chi connectivity index (χ4n) is 5.09. The Morgan fingerprint density at radius 2 is 1.81 bits per heavy atom. The Kier molecular flexibility index (Phi) is 6.86. The molecule has 192 valence electrons. The molecule has 2 heterocycles. The van der Waals surface area contributed by atoms with E-state index in [0.29, 0.717) is 43.3 Å². The predicted octanol–water partition coefficient (Wildman–Crippen LogP) is 5.72. The molecule has 0 unspecified atom stereocenters. The zero-order valence-corrected chi connectivity index (χ0v) is 20.0. The third-order valence-corrected chi connectivity index (χ3v) is 7.05. The van der Waals surface area contributed by atoms with Gasteiger partial charge in [-0.15, -0.1) is 0 Å². The highest BCUT2D eigenvalue weighted by molar-refractivity contribution is 6.06. The van der Waals surface area contributed by atoms with Gasteiger partial charge in [-0.3, -0.25) is 14.6 Å². The van der Waals surface area contributed by atoms with E-state index in [2.05, 4.69) is 10.3 Å². The molecule has 1 aliphatic rings. The van der Waals surface area contributed by atoms with Crippen molar-refractivity contribution in [1.29, 1.82) is 0 Å². The second-order valence-corrected chi connectivity index (χ2v) is 9.51. The number of fused-ring (bicyclic) bond motifs is 2. The molecule has 0 saturated heterocycles. The van der Waals surface area contributed by atoms with Crippen molar-refractivity contribution in [3.8, 4) is 0 Å². The van der Waals surface area contributed by atoms with Crippen LogP contribution in [0, 0.1) is 5.92 Å². The zero-order chi connectivity index (χ0) is 26.0. The molecule has 4 aromatic rings. The number of alkyl halides is 3. The minimum Gasteiger partial charge on any atom is -0.465 e. The van der Waals surface area contributed by atoms with Crippen LogP contribution in [-0.2, 0) is 22.3 Å². The van der Waals surface area contributed by atoms with Crippen molar-refractivity contribution in [2.45, 2.75) is 44.5 Å². The van der Waals surface area contributed by atoms with Crippen molar-refractivity contribution in [2.24, 2.45) is 5.92 Å². The third kappa shape index (κ3) is 5.45. The van der Waals surface area contributed by atoms with E-state index in [4.69, 9.17) is 4.74 Å². The largest absolute Gasteiger partial charge is 0.465 e. The maximum atomic E-state index is 13.7. The number of carbonyl (C=O) groups excluding carboxylic acids is 2. The van der Waals surface area contributed by atoms with Gasteiger partial charge in [-0.05, 0) is 61.3 Å². The van der Waals surface area contributed by atoms with Crippen molar-refractivity contribution in [2.75, 3.05) is 6.54 Å². The van der Waals surface area contributed by atoms with Crippen LogP contribution in [0.5, 0.6) is 0 Å². The predicted molar refractivity (Wildman–Crippen MR) is 133 cm³/mol. The van der Waals surface area contributed by atoms with Crippen molar-refractivity contribution < 1.29 is 27.5 Å². The Balaban J connectivity index is 1.42. The molecule has 6 nitrogen and oxygen atoms in total. The van der Waals surface area contributed by atoms with Gasteiger partial charge in [0, 0.05) is 29.7 Å². The summed E-state index contributed by atoms with van der Waals surface area (Å²) < 4.78 is 47.7. The molecular weight excluding hydrogens is 483 g/mol. The molecule has 2 aromatic carbocycles. The van der Waals surface area contributed by atoms with E-state index >= 15 is 0 Å². The lowest BCUT2D eigenvalue weighted by molar-refractivity contribution is -0.137. The van der Waals surface area contributed by atoms with Gasteiger partial charge >= 0.3 is 6.18 Å². The average molecular weight is 510 g/mol. The fraction of sp³-hybridized carbons (Fsp3) is 0.321. The summed E-state index contributed by atoms with van der Waals surface area (Å²) in [4.78, 5) is 28.3. The maximum Gasteiger partial charge on any atom is 0.416 e. The lowest BCUT2D eigenvalue weighted by atomic mass is 9.87. The second kappa shape index (κ2) is 10.2. The molecule has 2 aromatic heterocycles. The van der Waals surface area contributed by atoms with E-state index in [1.165, 1.54) is 0 Å². The van der Waals surface area contributed by atoms with Crippen molar-refractivity contribution >= 4 is 34.1 Å². The number of nitrogens with zero attached hydrogens (tertiary/aromatic N) is 2. The van der Waals surface area contributed by atoms with Gasteiger partial charge in [-0.25, -0.2) is 0 Å². The molecule has 5 rings (SSSR count). The molecule has 1 amide bonds. The van der Waals surface area contributed by atoms with E-state index in [1.54, 1.807) is 23.0 Å². The summed E-state index contributed by atoms with van der Waals surface area (Å²) in [5, 5.41) is 5.19. The smallest absolute Gasteiger partial charge is 0.416 e. The van der Waals surface area contributed by atoms with Crippen molar-refractivity contribution in [1.82, 2.24) is 14.9 Å². The van der Waals surface area contributed by atoms with E-state index in [-0.39, 0.29) is 17.6 Å². The van der Waals surface area contributed by atoms with E-state index in [0.717, 1.165) is 41.4 Å². The quantitative estimate of drug-likeness (QED) is 0.324. The number of ether oxygens (including phenoxy) is 1. The lowest BCUT2D eigenvalue weighted by Crippen LogP contribution is -2.33. The number of aromatic nitrogens is 2. The van der Waals surface area contributed by atoms with Crippen LogP contribution in [0.3, 0.4) is 0 Å². The molecule has 0 spiro atoms. The summed E-state index contributed by atoms with van der Waals surface area (Å²) in [6.07, 6.45) is 1.69. The van der Waals surface area contributed by atoms with Gasteiger partial charge in [0.1, 0.15) is 6.10 Å². The van der Waals surface area contributed by atoms with Crippen LogP contribution in [0.2, 0.25) is 0 Å². The molecule has 1 N–H and O–H groups in total. The molecular formula is C28H26F3N3O3. The zero-order valence-electron chi connectivity index (χ0n) is 20.0. The number of nitrogens with one attached hydrogen (secondary N) is 1. The average Bonchev–Trinajstić information content (AvgIpc) is 3.30. The van der Waals surface area contributed by atoms with E-state index in [1.807, 2.05) is 30.3 Å². The number of rotatable bonds is 7. The summed E-state index contributed by atoms with van der Waals surface area (Å²) in [5.74, 6) is -0.376. The molecule has 1 aliphatic carbocycles. The van der Waals surface area contributed by atoms with Gasteiger partial charge in [0.15, 0.2) is 0 Å². The first-order valence-electron chi connectivity index (χ1n) is 12.2. The van der Waals surface area contributed by atoms with Crippen LogP contribution >= 0.6 is 0 Å². The molecule has 0 aliphatic heterocycles. The van der Waals surface area contributed by atoms with Crippen LogP contribution in [0.25, 0.3) is 21.7 Å². The molecule has 0 atom stereocenters. The molecule has 0 radical (unpaired) electrons. The number of pyridine rings is 1. The van der Waals surface area contributed by atoms with Gasteiger partial charge in [-0.2, -0.15) is 13.2 Å². The number of hydrogen-bond acceptors (Lipinski definition) is 4. The summed E-state index contributed by atoms with van der Waals surface area (Å²) in [5.41, 5.74) is 0.284. The topological polar surface area (TPSA) is 73.2 Å². The number of amides is 1. The van der Waals surface area contributed by atoms with Crippen LogP contribution in [0.15, 0.2) is 60.9 Å². The minimum absolute atomic E-state index is 0.0198. The molecule has 9 heteroatoms. The maximum absolute atomic E-state index is 13.7. The number of benzene rings is 2. The van der Waals surface area contributed by atoms with Gasteiger partial charge in [0.25, 0.3) is 12.4 Å². The highest BCUT2D eigenvalue weighted by atomic mass is 19.4. The Morgan fingerprint density at radius 1 is 1.05 bits per heavy atom. The first kappa shape index (κ1) is 24.8. The summed E-state index contributed by atoms with van der Waals surface area (Å²) in [6.45, 7) is 1.10. The number of carbonyl (C=O) groups is 2. The molecule has 1 fully saturated rings. The van der Waals surface area contributed by atoms with Gasteiger partial charge in [0.05, 0.1) is 28.9 Å². The van der Waals surface area contributed by atoms with Crippen LogP contribution < -0.4 is 5.32 Å². The Hall–Kier alpha value is -3.88. The second-order valence-electron chi connectivity index (χ2n) is 9.51. The Morgan fingerprint density at radius 3 is 2.54 bits per heavy atom. The molecule has 0 bridgehead atoms. The molecule has 37 heavy (non-hydrogen) atoms. The van der Waals surface area contributed by atoms with Gasteiger partial charge < -0.3 is 14.6 Å². The monoisotopic (exact) mass is 509 g/mol. The minimum atomic E-state index is -4.58.